The van der Waals surface area contributed by atoms with Gasteiger partial charge in [-0.3, -0.25) is 4.79 Å². The molecule has 2 aromatic rings. The highest BCUT2D eigenvalue weighted by Gasteiger charge is 2.16. The average molecular weight is 255 g/mol. The van der Waals surface area contributed by atoms with Crippen molar-refractivity contribution in [1.82, 2.24) is 0 Å². The Morgan fingerprint density at radius 1 is 1.00 bits per heavy atom. The van der Waals surface area contributed by atoms with Crippen LogP contribution in [0.4, 0.5) is 5.69 Å². The number of ether oxygens (including phenoxy) is 1. The van der Waals surface area contributed by atoms with E-state index in [4.69, 9.17) is 10.5 Å². The van der Waals surface area contributed by atoms with Gasteiger partial charge in [0, 0.05) is 11.3 Å². The van der Waals surface area contributed by atoms with Gasteiger partial charge in [0.1, 0.15) is 5.75 Å². The van der Waals surface area contributed by atoms with Crippen molar-refractivity contribution in [2.75, 3.05) is 5.73 Å². The number of hydrogen-bond donors (Lipinski definition) is 1. The summed E-state index contributed by atoms with van der Waals surface area (Å²) in [6.07, 6.45) is 0.0158. The molecule has 3 nitrogen and oxygen atoms in total. The Kier molecular flexibility index (Phi) is 3.85. The average Bonchev–Trinajstić information content (AvgIpc) is 2.38. The monoisotopic (exact) mass is 255 g/mol. The van der Waals surface area contributed by atoms with E-state index >= 15 is 0 Å². The van der Waals surface area contributed by atoms with Crippen molar-refractivity contribution in [3.8, 4) is 5.75 Å². The van der Waals surface area contributed by atoms with E-state index in [-0.39, 0.29) is 11.9 Å². The summed E-state index contributed by atoms with van der Waals surface area (Å²) >= 11 is 0. The molecule has 98 valence electrons. The predicted molar refractivity (Wildman–Crippen MR) is 76.5 cm³/mol. The molecule has 2 aromatic carbocycles. The third-order valence-corrected chi connectivity index (χ3v) is 2.70. The van der Waals surface area contributed by atoms with E-state index in [9.17, 15) is 4.79 Å². The fourth-order valence-corrected chi connectivity index (χ4v) is 1.86. The summed E-state index contributed by atoms with van der Waals surface area (Å²) in [4.78, 5) is 12.5. The molecule has 0 saturated heterocycles. The fraction of sp³-hybridized carbons (Fsp3) is 0.188. The molecular weight excluding hydrogens is 238 g/mol. The molecule has 19 heavy (non-hydrogen) atoms. The molecule has 0 atom stereocenters. The molecule has 0 bridgehead atoms. The number of para-hydroxylation sites is 2. The van der Waals surface area contributed by atoms with Crippen LogP contribution in [-0.4, -0.2) is 11.9 Å². The van der Waals surface area contributed by atoms with Crippen LogP contribution < -0.4 is 10.5 Å². The largest absolute Gasteiger partial charge is 0.490 e. The second-order valence-corrected chi connectivity index (χ2v) is 4.58. The number of benzene rings is 2. The van der Waals surface area contributed by atoms with Crippen molar-refractivity contribution >= 4 is 11.5 Å². The highest BCUT2D eigenvalue weighted by atomic mass is 16.5. The van der Waals surface area contributed by atoms with Gasteiger partial charge in [-0.2, -0.15) is 0 Å². The molecule has 0 spiro atoms. The number of nitrogen functional groups attached to an aromatic ring is 1. The lowest BCUT2D eigenvalue weighted by Crippen LogP contribution is -2.11. The van der Waals surface area contributed by atoms with Crippen molar-refractivity contribution in [2.24, 2.45) is 0 Å². The quantitative estimate of drug-likeness (QED) is 0.673. The standard InChI is InChI=1S/C16H17NO2/c1-11(2)19-15-10-6-4-8-13(15)16(18)12-7-3-5-9-14(12)17/h3-11H,17H2,1-2H3. The fourth-order valence-electron chi connectivity index (χ4n) is 1.86. The number of carbonyl (C=O) groups excluding carboxylic acids is 1. The Morgan fingerprint density at radius 3 is 2.21 bits per heavy atom. The van der Waals surface area contributed by atoms with Crippen LogP contribution in [0.2, 0.25) is 0 Å². The van der Waals surface area contributed by atoms with Crippen molar-refractivity contribution in [1.29, 1.82) is 0 Å². The van der Waals surface area contributed by atoms with E-state index in [2.05, 4.69) is 0 Å². The number of rotatable bonds is 4. The van der Waals surface area contributed by atoms with Crippen molar-refractivity contribution < 1.29 is 9.53 Å². The zero-order chi connectivity index (χ0) is 13.8. The first-order chi connectivity index (χ1) is 9.09. The summed E-state index contributed by atoms with van der Waals surface area (Å²) in [6.45, 7) is 3.86. The molecular formula is C16H17NO2. The molecule has 2 N–H and O–H groups in total. The summed E-state index contributed by atoms with van der Waals surface area (Å²) in [5.74, 6) is 0.472. The van der Waals surface area contributed by atoms with Crippen LogP contribution >= 0.6 is 0 Å². The van der Waals surface area contributed by atoms with Crippen LogP contribution in [0.1, 0.15) is 29.8 Å². The Balaban J connectivity index is 2.42. The van der Waals surface area contributed by atoms with E-state index in [1.165, 1.54) is 0 Å². The lowest BCUT2D eigenvalue weighted by atomic mass is 10.0. The summed E-state index contributed by atoms with van der Waals surface area (Å²) in [5, 5.41) is 0. The van der Waals surface area contributed by atoms with Crippen LogP contribution in [-0.2, 0) is 0 Å². The minimum atomic E-state index is -0.116. The Bertz CT molecular complexity index is 591. The number of hydrogen-bond acceptors (Lipinski definition) is 3. The molecule has 0 saturated carbocycles. The zero-order valence-corrected chi connectivity index (χ0v) is 11.1. The smallest absolute Gasteiger partial charge is 0.198 e. The van der Waals surface area contributed by atoms with Gasteiger partial charge in [0.05, 0.1) is 11.7 Å². The van der Waals surface area contributed by atoms with Crippen LogP contribution in [0.5, 0.6) is 5.75 Å². The summed E-state index contributed by atoms with van der Waals surface area (Å²) in [5.41, 5.74) is 7.37. The second-order valence-electron chi connectivity index (χ2n) is 4.58. The van der Waals surface area contributed by atoms with Crippen LogP contribution in [0.25, 0.3) is 0 Å². The minimum absolute atomic E-state index is 0.0158. The molecule has 2 rings (SSSR count). The van der Waals surface area contributed by atoms with Gasteiger partial charge in [0.2, 0.25) is 0 Å². The molecule has 0 fully saturated rings. The lowest BCUT2D eigenvalue weighted by Gasteiger charge is -2.14. The van der Waals surface area contributed by atoms with Crippen molar-refractivity contribution in [2.45, 2.75) is 20.0 Å². The van der Waals surface area contributed by atoms with Crippen LogP contribution in [0.15, 0.2) is 48.5 Å². The Hall–Kier alpha value is -2.29. The van der Waals surface area contributed by atoms with E-state index in [0.717, 1.165) is 0 Å². The molecule has 0 aliphatic heterocycles. The molecule has 0 radical (unpaired) electrons. The van der Waals surface area contributed by atoms with Gasteiger partial charge in [-0.25, -0.2) is 0 Å². The molecule has 0 aromatic heterocycles. The molecule has 0 unspecified atom stereocenters. The molecule has 3 heteroatoms. The van der Waals surface area contributed by atoms with E-state index in [1.807, 2.05) is 32.0 Å². The maximum atomic E-state index is 12.5. The van der Waals surface area contributed by atoms with E-state index < -0.39 is 0 Å². The number of ketones is 1. The van der Waals surface area contributed by atoms with E-state index in [0.29, 0.717) is 22.6 Å². The molecule has 0 aliphatic carbocycles. The van der Waals surface area contributed by atoms with Gasteiger partial charge in [-0.1, -0.05) is 24.3 Å². The molecule has 0 heterocycles. The number of anilines is 1. The Morgan fingerprint density at radius 2 is 1.58 bits per heavy atom. The first-order valence-corrected chi connectivity index (χ1v) is 6.24. The minimum Gasteiger partial charge on any atom is -0.490 e. The third-order valence-electron chi connectivity index (χ3n) is 2.70. The summed E-state index contributed by atoms with van der Waals surface area (Å²) in [7, 11) is 0. The van der Waals surface area contributed by atoms with Crippen molar-refractivity contribution in [3.63, 3.8) is 0 Å². The SMILES string of the molecule is CC(C)Oc1ccccc1C(=O)c1ccccc1N. The lowest BCUT2D eigenvalue weighted by molar-refractivity contribution is 0.103. The maximum absolute atomic E-state index is 12.5. The summed E-state index contributed by atoms with van der Waals surface area (Å²) in [6, 6.07) is 14.3. The Labute approximate surface area is 113 Å². The van der Waals surface area contributed by atoms with Gasteiger partial charge in [0.25, 0.3) is 0 Å². The third kappa shape index (κ3) is 2.94. The zero-order valence-electron chi connectivity index (χ0n) is 11.1. The first-order valence-electron chi connectivity index (χ1n) is 6.24. The highest BCUT2D eigenvalue weighted by Crippen LogP contribution is 2.24. The summed E-state index contributed by atoms with van der Waals surface area (Å²) < 4.78 is 5.67. The van der Waals surface area contributed by atoms with Gasteiger partial charge in [-0.05, 0) is 38.1 Å². The predicted octanol–water partition coefficient (Wildman–Crippen LogP) is 3.29. The van der Waals surface area contributed by atoms with Gasteiger partial charge in [-0.15, -0.1) is 0 Å². The number of nitrogens with two attached hydrogens (primary N) is 1. The van der Waals surface area contributed by atoms with Gasteiger partial charge < -0.3 is 10.5 Å². The molecule has 0 amide bonds. The van der Waals surface area contributed by atoms with Crippen molar-refractivity contribution in [3.05, 3.63) is 59.7 Å². The maximum Gasteiger partial charge on any atom is 0.198 e. The topological polar surface area (TPSA) is 52.3 Å². The van der Waals surface area contributed by atoms with Crippen LogP contribution in [0, 0.1) is 0 Å². The van der Waals surface area contributed by atoms with Gasteiger partial charge in [0.15, 0.2) is 5.78 Å². The first kappa shape index (κ1) is 13.1. The molecule has 0 aliphatic rings. The van der Waals surface area contributed by atoms with E-state index in [1.54, 1.807) is 30.3 Å². The van der Waals surface area contributed by atoms with Crippen LogP contribution in [0.3, 0.4) is 0 Å². The number of carbonyl (C=O) groups is 1. The highest BCUT2D eigenvalue weighted by molar-refractivity contribution is 6.13. The van der Waals surface area contributed by atoms with Gasteiger partial charge >= 0.3 is 0 Å². The second kappa shape index (κ2) is 5.57. The normalized spacial score (nSPS) is 10.5.